The van der Waals surface area contributed by atoms with Gasteiger partial charge in [0.15, 0.2) is 0 Å². The molecule has 1 aromatic heterocycles. The number of likely N-dealkylation sites (tertiary alicyclic amines) is 2. The van der Waals surface area contributed by atoms with Crippen LogP contribution in [0.2, 0.25) is 0 Å². The van der Waals surface area contributed by atoms with E-state index in [2.05, 4.69) is 5.10 Å². The molecule has 0 radical (unpaired) electrons. The zero-order chi connectivity index (χ0) is 22.0. The highest BCUT2D eigenvalue weighted by Gasteiger charge is 2.32. The van der Waals surface area contributed by atoms with Crippen LogP contribution in [0.1, 0.15) is 67.9 Å². The van der Waals surface area contributed by atoms with Gasteiger partial charge in [0.2, 0.25) is 5.91 Å². The quantitative estimate of drug-likeness (QED) is 0.743. The molecule has 2 saturated heterocycles. The molecule has 1 aromatic carbocycles. The van der Waals surface area contributed by atoms with E-state index in [1.165, 1.54) is 18.6 Å². The molecule has 7 heteroatoms. The number of benzene rings is 1. The second kappa shape index (κ2) is 9.20. The lowest BCUT2D eigenvalue weighted by Gasteiger charge is -2.35. The number of amides is 2. The van der Waals surface area contributed by atoms with Gasteiger partial charge >= 0.3 is 0 Å². The van der Waals surface area contributed by atoms with E-state index in [9.17, 15) is 14.0 Å². The smallest absolute Gasteiger partial charge is 0.257 e. The number of piperidine rings is 2. The minimum atomic E-state index is -0.305. The van der Waals surface area contributed by atoms with Crippen LogP contribution in [0.4, 0.5) is 4.39 Å². The molecule has 0 spiro atoms. The third-order valence-corrected chi connectivity index (χ3v) is 6.45. The van der Waals surface area contributed by atoms with Crippen LogP contribution in [0, 0.1) is 11.7 Å². The maximum Gasteiger partial charge on any atom is 0.257 e. The summed E-state index contributed by atoms with van der Waals surface area (Å²) >= 11 is 0. The summed E-state index contributed by atoms with van der Waals surface area (Å²) in [7, 11) is 0. The van der Waals surface area contributed by atoms with Crippen LogP contribution in [0.3, 0.4) is 0 Å². The first kappa shape index (κ1) is 21.5. The van der Waals surface area contributed by atoms with Gasteiger partial charge in [-0.05, 0) is 62.3 Å². The minimum Gasteiger partial charge on any atom is -0.342 e. The summed E-state index contributed by atoms with van der Waals surface area (Å²) in [5.74, 6) is 0.0124. The summed E-state index contributed by atoms with van der Waals surface area (Å²) in [6.07, 6.45) is 6.44. The summed E-state index contributed by atoms with van der Waals surface area (Å²) in [6.45, 7) is 6.97. The molecule has 0 aliphatic carbocycles. The predicted molar refractivity (Wildman–Crippen MR) is 117 cm³/mol. The summed E-state index contributed by atoms with van der Waals surface area (Å²) in [4.78, 5) is 30.0. The largest absolute Gasteiger partial charge is 0.342 e. The number of halogens is 1. The Bertz CT molecular complexity index is 924. The molecule has 2 aliphatic heterocycles. The van der Waals surface area contributed by atoms with Crippen LogP contribution in [0.5, 0.6) is 0 Å². The molecule has 0 unspecified atom stereocenters. The number of carbonyl (C=O) groups is 2. The number of aromatic nitrogens is 2. The molecule has 2 aromatic rings. The third kappa shape index (κ3) is 4.50. The summed E-state index contributed by atoms with van der Waals surface area (Å²) in [6, 6.07) is 6.12. The molecular formula is C24H31FN4O2. The minimum absolute atomic E-state index is 0.0219. The van der Waals surface area contributed by atoms with E-state index in [0.717, 1.165) is 37.3 Å². The molecule has 0 bridgehead atoms. The molecule has 4 rings (SSSR count). The van der Waals surface area contributed by atoms with Crippen LogP contribution in [-0.4, -0.2) is 57.6 Å². The van der Waals surface area contributed by atoms with Gasteiger partial charge in [0.05, 0.1) is 23.1 Å². The lowest BCUT2D eigenvalue weighted by atomic mass is 9.93. The van der Waals surface area contributed by atoms with E-state index in [4.69, 9.17) is 0 Å². The topological polar surface area (TPSA) is 58.4 Å². The SMILES string of the molecule is CC(C)c1c(C(=O)N2CCC(C(=O)N3CCCCC3)CC2)cnn1-c1ccc(F)cc1. The zero-order valence-electron chi connectivity index (χ0n) is 18.4. The molecule has 6 nitrogen and oxygen atoms in total. The summed E-state index contributed by atoms with van der Waals surface area (Å²) < 4.78 is 15.1. The van der Waals surface area contributed by atoms with Gasteiger partial charge < -0.3 is 9.80 Å². The lowest BCUT2D eigenvalue weighted by molar-refractivity contribution is -0.137. The number of rotatable bonds is 4. The molecule has 0 saturated carbocycles. The van der Waals surface area contributed by atoms with E-state index < -0.39 is 0 Å². The first-order valence-corrected chi connectivity index (χ1v) is 11.4. The van der Waals surface area contributed by atoms with Crippen LogP contribution < -0.4 is 0 Å². The van der Waals surface area contributed by atoms with Crippen molar-refractivity contribution >= 4 is 11.8 Å². The number of hydrogen-bond donors (Lipinski definition) is 0. The van der Waals surface area contributed by atoms with Gasteiger partial charge in [-0.1, -0.05) is 13.8 Å². The van der Waals surface area contributed by atoms with Crippen molar-refractivity contribution in [2.24, 2.45) is 5.92 Å². The van der Waals surface area contributed by atoms with Crippen molar-refractivity contribution < 1.29 is 14.0 Å². The summed E-state index contributed by atoms with van der Waals surface area (Å²) in [5.41, 5.74) is 2.14. The van der Waals surface area contributed by atoms with E-state index in [1.807, 2.05) is 23.6 Å². The molecule has 2 amide bonds. The highest BCUT2D eigenvalue weighted by Crippen LogP contribution is 2.27. The fourth-order valence-electron chi connectivity index (χ4n) is 4.74. The van der Waals surface area contributed by atoms with Gasteiger partial charge in [-0.3, -0.25) is 9.59 Å². The first-order chi connectivity index (χ1) is 15.0. The van der Waals surface area contributed by atoms with E-state index in [0.29, 0.717) is 31.5 Å². The molecule has 0 atom stereocenters. The Morgan fingerprint density at radius 3 is 2.23 bits per heavy atom. The summed E-state index contributed by atoms with van der Waals surface area (Å²) in [5, 5.41) is 4.44. The van der Waals surface area contributed by atoms with E-state index in [-0.39, 0.29) is 29.5 Å². The number of nitrogens with zero attached hydrogens (tertiary/aromatic N) is 4. The Morgan fingerprint density at radius 2 is 1.61 bits per heavy atom. The van der Waals surface area contributed by atoms with Crippen molar-refractivity contribution in [3.8, 4) is 5.69 Å². The van der Waals surface area contributed by atoms with Gasteiger partial charge in [-0.2, -0.15) is 5.10 Å². The molecule has 2 aliphatic rings. The predicted octanol–water partition coefficient (Wildman–Crippen LogP) is 4.00. The Kier molecular flexibility index (Phi) is 6.39. The lowest BCUT2D eigenvalue weighted by Crippen LogP contribution is -2.45. The Balaban J connectivity index is 1.46. The van der Waals surface area contributed by atoms with Gasteiger partial charge in [0, 0.05) is 32.1 Å². The Labute approximate surface area is 183 Å². The number of carbonyl (C=O) groups excluding carboxylic acids is 2. The average Bonchev–Trinajstić information content (AvgIpc) is 3.25. The highest BCUT2D eigenvalue weighted by atomic mass is 19.1. The second-order valence-electron chi connectivity index (χ2n) is 8.94. The van der Waals surface area contributed by atoms with Gasteiger partial charge in [0.25, 0.3) is 5.91 Å². The maximum absolute atomic E-state index is 13.3. The van der Waals surface area contributed by atoms with Crippen LogP contribution in [-0.2, 0) is 4.79 Å². The average molecular weight is 427 g/mol. The fraction of sp³-hybridized carbons (Fsp3) is 0.542. The standard InChI is InChI=1S/C24H31FN4O2/c1-17(2)22-21(16-26-29(22)20-8-6-19(25)7-9-20)24(31)28-14-10-18(11-15-28)23(30)27-12-4-3-5-13-27/h6-9,16-18H,3-5,10-15H2,1-2H3. The van der Waals surface area contributed by atoms with Gasteiger partial charge in [-0.15, -0.1) is 0 Å². The molecule has 0 N–H and O–H groups in total. The zero-order valence-corrected chi connectivity index (χ0v) is 18.4. The highest BCUT2D eigenvalue weighted by molar-refractivity contribution is 5.95. The molecule has 3 heterocycles. The first-order valence-electron chi connectivity index (χ1n) is 11.4. The van der Waals surface area contributed by atoms with Crippen molar-refractivity contribution in [2.75, 3.05) is 26.2 Å². The van der Waals surface area contributed by atoms with E-state index in [1.54, 1.807) is 23.0 Å². The van der Waals surface area contributed by atoms with Gasteiger partial charge in [-0.25, -0.2) is 9.07 Å². The second-order valence-corrected chi connectivity index (χ2v) is 8.94. The molecular weight excluding hydrogens is 395 g/mol. The molecule has 31 heavy (non-hydrogen) atoms. The van der Waals surface area contributed by atoms with Gasteiger partial charge in [0.1, 0.15) is 5.82 Å². The Hall–Kier alpha value is -2.70. The van der Waals surface area contributed by atoms with Crippen molar-refractivity contribution in [2.45, 2.75) is 51.9 Å². The third-order valence-electron chi connectivity index (χ3n) is 6.45. The fourth-order valence-corrected chi connectivity index (χ4v) is 4.74. The number of hydrogen-bond acceptors (Lipinski definition) is 3. The Morgan fingerprint density at radius 1 is 0.968 bits per heavy atom. The van der Waals surface area contributed by atoms with Crippen molar-refractivity contribution in [3.05, 3.63) is 47.5 Å². The van der Waals surface area contributed by atoms with Crippen LogP contribution >= 0.6 is 0 Å². The van der Waals surface area contributed by atoms with Crippen molar-refractivity contribution in [1.29, 1.82) is 0 Å². The maximum atomic E-state index is 13.3. The molecule has 166 valence electrons. The monoisotopic (exact) mass is 426 g/mol. The molecule has 2 fully saturated rings. The van der Waals surface area contributed by atoms with E-state index >= 15 is 0 Å². The van der Waals surface area contributed by atoms with Crippen molar-refractivity contribution in [1.82, 2.24) is 19.6 Å². The van der Waals surface area contributed by atoms with Crippen molar-refractivity contribution in [3.63, 3.8) is 0 Å². The van der Waals surface area contributed by atoms with Crippen LogP contribution in [0.15, 0.2) is 30.5 Å². The van der Waals surface area contributed by atoms with Crippen LogP contribution in [0.25, 0.3) is 5.69 Å². The normalized spacial score (nSPS) is 17.9.